The molecule has 182 valence electrons. The van der Waals surface area contributed by atoms with E-state index in [-0.39, 0.29) is 26.2 Å². The van der Waals surface area contributed by atoms with E-state index in [0.29, 0.717) is 10.8 Å². The zero-order valence-electron chi connectivity index (χ0n) is 22.6. The standard InChI is InChI=1S/2C9H13.2C7H7O.Zr/c2*1-9(2,3)8-6-4-5-7-8;2*1-8-7-5-3-2-4-6-7;/h2*4-7H,1-3H3;2*3-6H,1H3;/q;;2*-1;+4. The normalized spacial score (nSPS) is 15.8. The quantitative estimate of drug-likeness (QED) is 0.356. The van der Waals surface area contributed by atoms with Crippen molar-refractivity contribution in [2.24, 2.45) is 10.8 Å². The molecule has 0 unspecified atom stereocenters. The molecule has 0 spiro atoms. The summed E-state index contributed by atoms with van der Waals surface area (Å²) in [5.41, 5.74) is 0.646. The Morgan fingerprint density at radius 1 is 0.514 bits per heavy atom. The monoisotopic (exact) mass is 546 g/mol. The molecule has 0 N–H and O–H groups in total. The van der Waals surface area contributed by atoms with E-state index < -0.39 is 0 Å². The van der Waals surface area contributed by atoms with Gasteiger partial charge < -0.3 is 9.47 Å². The van der Waals surface area contributed by atoms with Gasteiger partial charge in [0.1, 0.15) is 0 Å². The van der Waals surface area contributed by atoms with Crippen LogP contribution in [-0.4, -0.2) is 14.2 Å². The second-order valence-electron chi connectivity index (χ2n) is 9.73. The Labute approximate surface area is 236 Å². The number of rotatable bonds is 2. The van der Waals surface area contributed by atoms with Gasteiger partial charge >= 0.3 is 26.2 Å². The molecule has 2 fully saturated rings. The molecule has 0 atom stereocenters. The first-order chi connectivity index (χ1) is 16.1. The van der Waals surface area contributed by atoms with Crippen molar-refractivity contribution in [1.82, 2.24) is 0 Å². The van der Waals surface area contributed by atoms with Crippen molar-refractivity contribution in [2.45, 2.75) is 41.5 Å². The van der Waals surface area contributed by atoms with E-state index in [0.717, 1.165) is 11.5 Å². The topological polar surface area (TPSA) is 18.5 Å². The number of methoxy groups -OCH3 is 2. The van der Waals surface area contributed by atoms with Gasteiger partial charge in [0.25, 0.3) is 0 Å². The van der Waals surface area contributed by atoms with Crippen LogP contribution in [0.1, 0.15) is 41.5 Å². The molecule has 0 amide bonds. The third-order valence-electron chi connectivity index (χ3n) is 4.90. The molecule has 2 aromatic carbocycles. The molecule has 2 aromatic rings. The average molecular weight is 548 g/mol. The number of ether oxygens (including phenoxy) is 2. The molecular formula is C32H40O2Zr+2. The van der Waals surface area contributed by atoms with Crippen LogP contribution in [0.5, 0.6) is 11.5 Å². The van der Waals surface area contributed by atoms with Gasteiger partial charge in [-0.3, -0.25) is 0 Å². The summed E-state index contributed by atoms with van der Waals surface area (Å²) in [4.78, 5) is 0. The first kappa shape index (κ1) is 33.9. The fourth-order valence-electron chi connectivity index (χ4n) is 2.76. The van der Waals surface area contributed by atoms with Gasteiger partial charge in [0, 0.05) is 11.5 Å². The molecule has 35 heavy (non-hydrogen) atoms. The summed E-state index contributed by atoms with van der Waals surface area (Å²) in [6.07, 6.45) is 17.0. The van der Waals surface area contributed by atoms with Gasteiger partial charge in [-0.2, -0.15) is 36.4 Å². The first-order valence-corrected chi connectivity index (χ1v) is 11.5. The molecule has 2 nitrogen and oxygen atoms in total. The van der Waals surface area contributed by atoms with Crippen LogP contribution < -0.4 is 9.47 Å². The van der Waals surface area contributed by atoms with Crippen molar-refractivity contribution in [3.8, 4) is 11.5 Å². The summed E-state index contributed by atoms with van der Waals surface area (Å²) < 4.78 is 9.79. The summed E-state index contributed by atoms with van der Waals surface area (Å²) in [5, 5.41) is 0. The third kappa shape index (κ3) is 15.6. The van der Waals surface area contributed by atoms with Gasteiger partial charge in [-0.25, -0.2) is 0 Å². The molecule has 2 saturated carbocycles. The minimum absolute atomic E-state index is 0. The zero-order valence-corrected chi connectivity index (χ0v) is 25.0. The second-order valence-corrected chi connectivity index (χ2v) is 9.73. The molecule has 3 heteroatoms. The van der Waals surface area contributed by atoms with Crippen LogP contribution in [0.25, 0.3) is 0 Å². The first-order valence-electron chi connectivity index (χ1n) is 11.5. The molecule has 2 aliphatic carbocycles. The maximum atomic E-state index is 4.89. The molecule has 0 bridgehead atoms. The third-order valence-corrected chi connectivity index (χ3v) is 4.90. The van der Waals surface area contributed by atoms with Crippen molar-refractivity contribution in [2.75, 3.05) is 14.2 Å². The molecule has 0 heterocycles. The number of hydrogen-bond donors (Lipinski definition) is 0. The van der Waals surface area contributed by atoms with Crippen molar-refractivity contribution < 1.29 is 35.7 Å². The largest absolute Gasteiger partial charge is 4.00 e. The Balaban J connectivity index is 0.000000437. The van der Waals surface area contributed by atoms with Gasteiger partial charge in [0.2, 0.25) is 0 Å². The SMILES string of the molecule is CC(C)(C)[C]1[CH][CH][CH][CH]1.CC(C)(C)[C]1[CH][CH][CH][CH]1.COc1cc[c-]cc1.COc1cc[c-]cc1.[Zr+4]. The summed E-state index contributed by atoms with van der Waals surface area (Å²) in [5.74, 6) is 4.59. The fourth-order valence-corrected chi connectivity index (χ4v) is 2.76. The smallest absolute Gasteiger partial charge is 0.522 e. The van der Waals surface area contributed by atoms with Crippen LogP contribution in [0.2, 0.25) is 0 Å². The predicted molar refractivity (Wildman–Crippen MR) is 143 cm³/mol. The minimum atomic E-state index is 0. The van der Waals surface area contributed by atoms with Crippen molar-refractivity contribution >= 4 is 0 Å². The molecule has 0 saturated heterocycles. The number of benzene rings is 2. The average Bonchev–Trinajstić information content (AvgIpc) is 3.56. The molecule has 10 radical (unpaired) electrons. The van der Waals surface area contributed by atoms with Gasteiger partial charge in [-0.1, -0.05) is 41.5 Å². The van der Waals surface area contributed by atoms with E-state index >= 15 is 0 Å². The maximum absolute atomic E-state index is 4.89. The van der Waals surface area contributed by atoms with Gasteiger partial charge in [-0.15, -0.1) is 24.3 Å². The van der Waals surface area contributed by atoms with Crippen LogP contribution in [-0.2, 0) is 26.2 Å². The van der Waals surface area contributed by atoms with E-state index in [9.17, 15) is 0 Å². The Hall–Kier alpha value is -1.08. The van der Waals surface area contributed by atoms with Crippen LogP contribution in [0.3, 0.4) is 0 Å². The zero-order chi connectivity index (χ0) is 25.5. The van der Waals surface area contributed by atoms with Crippen LogP contribution in [0.4, 0.5) is 0 Å². The molecule has 2 aliphatic rings. The van der Waals surface area contributed by atoms with Crippen molar-refractivity contribution in [3.63, 3.8) is 0 Å². The maximum Gasteiger partial charge on any atom is 4.00 e. The van der Waals surface area contributed by atoms with E-state index in [1.165, 1.54) is 11.8 Å². The predicted octanol–water partition coefficient (Wildman–Crippen LogP) is 7.86. The van der Waals surface area contributed by atoms with Crippen molar-refractivity contribution in [1.29, 1.82) is 0 Å². The Bertz CT molecular complexity index is 654. The van der Waals surface area contributed by atoms with E-state index in [2.05, 4.69) is 105 Å². The summed E-state index contributed by atoms with van der Waals surface area (Å²) >= 11 is 0. The fraction of sp³-hybridized carbons (Fsp3) is 0.312. The summed E-state index contributed by atoms with van der Waals surface area (Å²) in [6, 6.07) is 20.5. The number of hydrogen-bond acceptors (Lipinski definition) is 2. The van der Waals surface area contributed by atoms with Crippen molar-refractivity contribution in [3.05, 3.63) is 124 Å². The van der Waals surface area contributed by atoms with Gasteiger partial charge in [0.15, 0.2) is 0 Å². The Morgan fingerprint density at radius 2 is 0.771 bits per heavy atom. The Kier molecular flexibility index (Phi) is 17.7. The van der Waals surface area contributed by atoms with E-state index in [1.54, 1.807) is 14.2 Å². The van der Waals surface area contributed by atoms with Crippen LogP contribution in [0, 0.1) is 86.2 Å². The van der Waals surface area contributed by atoms with E-state index in [4.69, 9.17) is 9.47 Å². The van der Waals surface area contributed by atoms with Gasteiger partial charge in [-0.05, 0) is 74.0 Å². The molecule has 4 rings (SSSR count). The van der Waals surface area contributed by atoms with Crippen LogP contribution >= 0.6 is 0 Å². The molecule has 0 aliphatic heterocycles. The Morgan fingerprint density at radius 3 is 0.914 bits per heavy atom. The van der Waals surface area contributed by atoms with E-state index in [1.807, 2.05) is 48.5 Å². The molecule has 0 aromatic heterocycles. The molecular weight excluding hydrogens is 508 g/mol. The summed E-state index contributed by atoms with van der Waals surface area (Å²) in [7, 11) is 3.30. The van der Waals surface area contributed by atoms with Gasteiger partial charge in [0.05, 0.1) is 14.2 Å². The van der Waals surface area contributed by atoms with Crippen LogP contribution in [0.15, 0.2) is 48.5 Å². The second kappa shape index (κ2) is 18.2. The minimum Gasteiger partial charge on any atom is -0.522 e. The summed E-state index contributed by atoms with van der Waals surface area (Å²) in [6.45, 7) is 13.3.